The Balaban J connectivity index is 1.09. The molecule has 1 aliphatic rings. The van der Waals surface area contributed by atoms with E-state index in [2.05, 4.69) is 5.32 Å². The number of hydrogen-bond acceptors (Lipinski definition) is 7. The topological polar surface area (TPSA) is 116 Å². The summed E-state index contributed by atoms with van der Waals surface area (Å²) in [6, 6.07) is 23.3. The Hall–Kier alpha value is -2.88. The zero-order valence-corrected chi connectivity index (χ0v) is 26.4. The predicted molar refractivity (Wildman–Crippen MR) is 176 cm³/mol. The molecule has 0 spiro atoms. The minimum absolute atomic E-state index is 0.0134. The highest BCUT2D eigenvalue weighted by Crippen LogP contribution is 2.39. The minimum atomic E-state index is -0.580. The number of anilines is 1. The van der Waals surface area contributed by atoms with Gasteiger partial charge in [-0.25, -0.2) is 0 Å². The van der Waals surface area contributed by atoms with Crippen LogP contribution in [0.1, 0.15) is 67.3 Å². The number of nitrogens with one attached hydrogen (secondary N) is 1. The zero-order chi connectivity index (χ0) is 31.3. The van der Waals surface area contributed by atoms with Crippen molar-refractivity contribution in [2.75, 3.05) is 11.1 Å². The third kappa shape index (κ3) is 10.9. The Morgan fingerprint density at radius 2 is 1.68 bits per heavy atom. The second kappa shape index (κ2) is 17.6. The fourth-order valence-electron chi connectivity index (χ4n) is 5.57. The first kappa shape index (κ1) is 34.0. The molecule has 1 fully saturated rings. The molecule has 7 nitrogen and oxygen atoms in total. The molecule has 4 N–H and O–H groups in total. The number of halogens is 1. The van der Waals surface area contributed by atoms with Gasteiger partial charge in [0.25, 0.3) is 5.91 Å². The summed E-state index contributed by atoms with van der Waals surface area (Å²) in [6.07, 6.45) is 4.59. The number of unbranched alkanes of at least 4 members (excludes halogenated alkanes) is 3. The lowest BCUT2D eigenvalue weighted by atomic mass is 9.97. The van der Waals surface area contributed by atoms with Crippen molar-refractivity contribution in [2.24, 2.45) is 5.92 Å². The number of hydrogen-bond donors (Lipinski definition) is 4. The molecular formula is C35H42ClNO6S. The summed E-state index contributed by atoms with van der Waals surface area (Å²) in [7, 11) is 0. The van der Waals surface area contributed by atoms with Crippen molar-refractivity contribution >= 4 is 40.9 Å². The van der Waals surface area contributed by atoms with Crippen molar-refractivity contribution in [1.82, 2.24) is 0 Å². The van der Waals surface area contributed by atoms with Gasteiger partial charge in [0.15, 0.2) is 0 Å². The van der Waals surface area contributed by atoms with Gasteiger partial charge in [-0.15, -0.1) is 0 Å². The van der Waals surface area contributed by atoms with E-state index < -0.39 is 18.3 Å². The van der Waals surface area contributed by atoms with Crippen LogP contribution in [0.25, 0.3) is 0 Å². The van der Waals surface area contributed by atoms with Gasteiger partial charge in [0.2, 0.25) is 0 Å². The second-order valence-electron chi connectivity index (χ2n) is 11.4. The van der Waals surface area contributed by atoms with Crippen LogP contribution in [-0.2, 0) is 11.2 Å². The van der Waals surface area contributed by atoms with Gasteiger partial charge < -0.3 is 25.4 Å². The molecule has 5 atom stereocenters. The van der Waals surface area contributed by atoms with E-state index in [0.29, 0.717) is 53.5 Å². The molecule has 44 heavy (non-hydrogen) atoms. The first-order valence-electron chi connectivity index (χ1n) is 15.4. The molecule has 0 aliphatic heterocycles. The molecule has 2 unspecified atom stereocenters. The van der Waals surface area contributed by atoms with Gasteiger partial charge in [-0.1, -0.05) is 61.2 Å². The molecule has 1 aliphatic carbocycles. The number of ether oxygens (including phenoxy) is 1. The van der Waals surface area contributed by atoms with E-state index >= 15 is 0 Å². The maximum absolute atomic E-state index is 12.3. The van der Waals surface area contributed by atoms with Crippen LogP contribution in [0, 0.1) is 5.92 Å². The van der Waals surface area contributed by atoms with Gasteiger partial charge in [0.1, 0.15) is 5.75 Å². The SMILES string of the molecule is O=C(CCCCCC[C@H]1C(O)C[C@@H](O)[C@@H]1SCC(O)CCc1cccc(Cl)c1)Oc1ccc(NC(=O)c2ccccc2)cc1. The Morgan fingerprint density at radius 3 is 2.43 bits per heavy atom. The maximum Gasteiger partial charge on any atom is 0.311 e. The fraction of sp³-hybridized carbons (Fsp3) is 0.429. The third-order valence-electron chi connectivity index (χ3n) is 7.96. The molecule has 3 aromatic rings. The lowest BCUT2D eigenvalue weighted by molar-refractivity contribution is -0.134. The van der Waals surface area contributed by atoms with E-state index in [9.17, 15) is 24.9 Å². The molecule has 0 radical (unpaired) electrons. The van der Waals surface area contributed by atoms with Crippen molar-refractivity contribution < 1.29 is 29.6 Å². The normalized spacial score (nSPS) is 20.3. The van der Waals surface area contributed by atoms with E-state index in [4.69, 9.17) is 16.3 Å². The van der Waals surface area contributed by atoms with E-state index in [1.807, 2.05) is 30.3 Å². The number of rotatable bonds is 16. The zero-order valence-electron chi connectivity index (χ0n) is 24.8. The Labute approximate surface area is 269 Å². The van der Waals surface area contributed by atoms with Crippen LogP contribution in [0.2, 0.25) is 5.02 Å². The van der Waals surface area contributed by atoms with Gasteiger partial charge in [-0.3, -0.25) is 9.59 Å². The Morgan fingerprint density at radius 1 is 0.932 bits per heavy atom. The van der Waals surface area contributed by atoms with E-state index in [0.717, 1.165) is 37.7 Å². The van der Waals surface area contributed by atoms with Crippen LogP contribution in [0.4, 0.5) is 5.69 Å². The molecule has 236 valence electrons. The average molecular weight is 640 g/mol. The number of aliphatic hydroxyl groups excluding tert-OH is 3. The Bertz CT molecular complexity index is 1320. The highest BCUT2D eigenvalue weighted by Gasteiger charge is 2.41. The third-order valence-corrected chi connectivity index (χ3v) is 9.82. The highest BCUT2D eigenvalue weighted by molar-refractivity contribution is 8.00. The molecular weight excluding hydrogens is 598 g/mol. The first-order chi connectivity index (χ1) is 21.3. The van der Waals surface area contributed by atoms with Crippen molar-refractivity contribution in [1.29, 1.82) is 0 Å². The predicted octanol–water partition coefficient (Wildman–Crippen LogP) is 6.68. The van der Waals surface area contributed by atoms with Crippen LogP contribution < -0.4 is 10.1 Å². The largest absolute Gasteiger partial charge is 0.427 e. The summed E-state index contributed by atoms with van der Waals surface area (Å²) in [5.74, 6) is 0.424. The van der Waals surface area contributed by atoms with Crippen LogP contribution in [0.15, 0.2) is 78.9 Å². The molecule has 0 aromatic heterocycles. The van der Waals surface area contributed by atoms with Gasteiger partial charge in [0.05, 0.1) is 18.3 Å². The van der Waals surface area contributed by atoms with Crippen molar-refractivity contribution in [2.45, 2.75) is 81.3 Å². The average Bonchev–Trinajstić information content (AvgIpc) is 3.29. The molecule has 4 rings (SSSR count). The summed E-state index contributed by atoms with van der Waals surface area (Å²) in [6.45, 7) is 0. The number of carbonyl (C=O) groups is 2. The fourth-order valence-corrected chi connectivity index (χ4v) is 7.29. The number of benzene rings is 3. The van der Waals surface area contributed by atoms with Crippen LogP contribution >= 0.6 is 23.4 Å². The van der Waals surface area contributed by atoms with Crippen LogP contribution in [0.5, 0.6) is 5.75 Å². The lowest BCUT2D eigenvalue weighted by Gasteiger charge is -2.24. The van der Waals surface area contributed by atoms with E-state index in [-0.39, 0.29) is 23.0 Å². The van der Waals surface area contributed by atoms with Gasteiger partial charge >= 0.3 is 5.97 Å². The molecule has 1 amide bonds. The number of carbonyl (C=O) groups excluding carboxylic acids is 2. The van der Waals surface area contributed by atoms with Crippen molar-refractivity contribution in [3.8, 4) is 5.75 Å². The maximum atomic E-state index is 12.3. The quantitative estimate of drug-likeness (QED) is 0.0785. The standard InChI is InChI=1S/C35H42ClNO6S/c36-26-12-8-9-24(21-26)15-18-28(38)23-44-34-30(31(39)22-32(34)40)13-6-1-2-7-14-33(41)43-29-19-16-27(17-20-29)37-35(42)25-10-4-3-5-11-25/h3-5,8-12,16-17,19-21,28,30-32,34,38-40H,1-2,6-7,13-15,18,22-23H2,(H,37,42)/t28?,30-,31?,32+,34+/m0/s1. The first-order valence-corrected chi connectivity index (χ1v) is 16.8. The molecule has 9 heteroatoms. The summed E-state index contributed by atoms with van der Waals surface area (Å²) < 4.78 is 5.44. The van der Waals surface area contributed by atoms with E-state index in [1.165, 1.54) is 0 Å². The Kier molecular flexibility index (Phi) is 13.6. The number of thioether (sulfide) groups is 1. The summed E-state index contributed by atoms with van der Waals surface area (Å²) >= 11 is 7.61. The molecule has 0 heterocycles. The minimum Gasteiger partial charge on any atom is -0.427 e. The van der Waals surface area contributed by atoms with Crippen LogP contribution in [0.3, 0.4) is 0 Å². The molecule has 0 bridgehead atoms. The number of aryl methyl sites for hydroxylation is 1. The van der Waals surface area contributed by atoms with Gasteiger partial charge in [-0.2, -0.15) is 11.8 Å². The van der Waals surface area contributed by atoms with Gasteiger partial charge in [0, 0.05) is 40.1 Å². The smallest absolute Gasteiger partial charge is 0.311 e. The van der Waals surface area contributed by atoms with Crippen molar-refractivity contribution in [3.05, 3.63) is 95.0 Å². The highest BCUT2D eigenvalue weighted by atomic mass is 35.5. The number of esters is 1. The van der Waals surface area contributed by atoms with Crippen molar-refractivity contribution in [3.63, 3.8) is 0 Å². The van der Waals surface area contributed by atoms with Gasteiger partial charge in [-0.05, 0) is 85.7 Å². The molecule has 1 saturated carbocycles. The summed E-state index contributed by atoms with van der Waals surface area (Å²) in [5, 5.41) is 35.1. The van der Waals surface area contributed by atoms with Crippen LogP contribution in [-0.4, -0.2) is 56.5 Å². The second-order valence-corrected chi connectivity index (χ2v) is 13.1. The van der Waals surface area contributed by atoms with E-state index in [1.54, 1.807) is 60.3 Å². The number of amides is 1. The molecule has 3 aromatic carbocycles. The monoisotopic (exact) mass is 639 g/mol. The molecule has 0 saturated heterocycles. The lowest BCUT2D eigenvalue weighted by Crippen LogP contribution is -2.27. The summed E-state index contributed by atoms with van der Waals surface area (Å²) in [5.41, 5.74) is 2.27. The number of aliphatic hydroxyl groups is 3. The summed E-state index contributed by atoms with van der Waals surface area (Å²) in [4.78, 5) is 24.6.